The molecule has 0 fully saturated rings. The molecule has 2 amide bonds. The van der Waals surface area contributed by atoms with Gasteiger partial charge in [0.25, 0.3) is 11.8 Å². The summed E-state index contributed by atoms with van der Waals surface area (Å²) >= 11 is 0. The van der Waals surface area contributed by atoms with E-state index in [4.69, 9.17) is 0 Å². The van der Waals surface area contributed by atoms with Crippen LogP contribution in [0.2, 0.25) is 0 Å². The highest BCUT2D eigenvalue weighted by Gasteiger charge is 2.14. The van der Waals surface area contributed by atoms with Crippen molar-refractivity contribution in [1.82, 2.24) is 5.32 Å². The molecular formula is C21H17FN2O2. The van der Waals surface area contributed by atoms with Crippen molar-refractivity contribution in [3.8, 4) is 0 Å². The van der Waals surface area contributed by atoms with E-state index in [0.717, 1.165) is 0 Å². The molecule has 0 aliphatic rings. The first-order valence-electron chi connectivity index (χ1n) is 8.12. The molecular weight excluding hydrogens is 331 g/mol. The fourth-order valence-electron chi connectivity index (χ4n) is 2.49. The number of benzene rings is 3. The van der Waals surface area contributed by atoms with E-state index in [1.807, 2.05) is 6.07 Å². The molecule has 3 aromatic rings. The first-order valence-corrected chi connectivity index (χ1v) is 8.12. The predicted octanol–water partition coefficient (Wildman–Crippen LogP) is 4.01. The molecule has 2 N–H and O–H groups in total. The zero-order valence-corrected chi connectivity index (χ0v) is 13.9. The van der Waals surface area contributed by atoms with Gasteiger partial charge in [-0.3, -0.25) is 9.59 Å². The van der Waals surface area contributed by atoms with Gasteiger partial charge in [0.1, 0.15) is 5.82 Å². The molecule has 0 radical (unpaired) electrons. The normalized spacial score (nSPS) is 10.2. The highest BCUT2D eigenvalue weighted by Crippen LogP contribution is 2.17. The third-order valence-corrected chi connectivity index (χ3v) is 3.85. The lowest BCUT2D eigenvalue weighted by atomic mass is 10.1. The van der Waals surface area contributed by atoms with Gasteiger partial charge in [0.2, 0.25) is 0 Å². The molecule has 0 saturated heterocycles. The second-order valence-electron chi connectivity index (χ2n) is 5.64. The van der Waals surface area contributed by atoms with Crippen LogP contribution in [0.1, 0.15) is 26.3 Å². The molecule has 0 saturated carbocycles. The Hall–Kier alpha value is -3.47. The Labute approximate surface area is 150 Å². The van der Waals surface area contributed by atoms with Gasteiger partial charge in [-0.25, -0.2) is 4.39 Å². The number of nitrogens with one attached hydrogen (secondary N) is 2. The van der Waals surface area contributed by atoms with Gasteiger partial charge in [0, 0.05) is 17.7 Å². The van der Waals surface area contributed by atoms with E-state index in [9.17, 15) is 14.0 Å². The van der Waals surface area contributed by atoms with E-state index < -0.39 is 5.91 Å². The lowest BCUT2D eigenvalue weighted by Crippen LogP contribution is -2.25. The topological polar surface area (TPSA) is 58.2 Å². The highest BCUT2D eigenvalue weighted by atomic mass is 19.1. The van der Waals surface area contributed by atoms with Crippen molar-refractivity contribution in [2.75, 3.05) is 5.32 Å². The summed E-state index contributed by atoms with van der Waals surface area (Å²) < 4.78 is 13.7. The summed E-state index contributed by atoms with van der Waals surface area (Å²) in [6, 6.07) is 21.7. The maximum absolute atomic E-state index is 13.7. The monoisotopic (exact) mass is 348 g/mol. The molecule has 0 spiro atoms. The highest BCUT2D eigenvalue weighted by molar-refractivity contribution is 6.08. The van der Waals surface area contributed by atoms with Crippen LogP contribution in [-0.4, -0.2) is 11.8 Å². The van der Waals surface area contributed by atoms with E-state index >= 15 is 0 Å². The molecule has 0 bridgehead atoms. The van der Waals surface area contributed by atoms with Crippen LogP contribution >= 0.6 is 0 Å². The van der Waals surface area contributed by atoms with Gasteiger partial charge in [-0.1, -0.05) is 48.5 Å². The molecule has 0 atom stereocenters. The third kappa shape index (κ3) is 4.13. The van der Waals surface area contributed by atoms with E-state index in [0.29, 0.717) is 22.4 Å². The Morgan fingerprint density at radius 1 is 0.769 bits per heavy atom. The van der Waals surface area contributed by atoms with Crippen LogP contribution in [0.15, 0.2) is 78.9 Å². The lowest BCUT2D eigenvalue weighted by Gasteiger charge is -2.12. The van der Waals surface area contributed by atoms with Gasteiger partial charge < -0.3 is 10.6 Å². The zero-order chi connectivity index (χ0) is 18.4. The standard InChI is InChI=1S/C21H17FN2O2/c22-18-12-6-4-10-16(18)14-23-21(26)17-11-5-7-13-19(17)24-20(25)15-8-2-1-3-9-15/h1-13H,14H2,(H,23,26)(H,24,25). The first kappa shape index (κ1) is 17.4. The fourth-order valence-corrected chi connectivity index (χ4v) is 2.49. The number of carbonyl (C=O) groups excluding carboxylic acids is 2. The number of anilines is 1. The van der Waals surface area contributed by atoms with Crippen molar-refractivity contribution in [3.63, 3.8) is 0 Å². The van der Waals surface area contributed by atoms with E-state index in [1.165, 1.54) is 6.07 Å². The van der Waals surface area contributed by atoms with Crippen LogP contribution in [0.4, 0.5) is 10.1 Å². The minimum atomic E-state index is -0.391. The second kappa shape index (κ2) is 8.07. The minimum Gasteiger partial charge on any atom is -0.348 e. The van der Waals surface area contributed by atoms with Gasteiger partial charge in [-0.2, -0.15) is 0 Å². The van der Waals surface area contributed by atoms with Crippen LogP contribution in [0, 0.1) is 5.82 Å². The Morgan fingerprint density at radius 2 is 1.42 bits per heavy atom. The number of rotatable bonds is 5. The minimum absolute atomic E-state index is 0.0620. The van der Waals surface area contributed by atoms with Gasteiger partial charge >= 0.3 is 0 Å². The van der Waals surface area contributed by atoms with Gasteiger partial charge in [-0.05, 0) is 30.3 Å². The van der Waals surface area contributed by atoms with Crippen molar-refractivity contribution in [1.29, 1.82) is 0 Å². The molecule has 3 aromatic carbocycles. The maximum Gasteiger partial charge on any atom is 0.255 e. The number of carbonyl (C=O) groups is 2. The second-order valence-corrected chi connectivity index (χ2v) is 5.64. The summed E-state index contributed by atoms with van der Waals surface area (Å²) in [6.07, 6.45) is 0. The van der Waals surface area contributed by atoms with Gasteiger partial charge in [-0.15, -0.1) is 0 Å². The number of hydrogen-bond acceptors (Lipinski definition) is 2. The smallest absolute Gasteiger partial charge is 0.255 e. The molecule has 4 nitrogen and oxygen atoms in total. The Balaban J connectivity index is 1.73. The van der Waals surface area contributed by atoms with Crippen LogP contribution in [0.25, 0.3) is 0 Å². The molecule has 0 heterocycles. The van der Waals surface area contributed by atoms with Gasteiger partial charge in [0.15, 0.2) is 0 Å². The first-order chi connectivity index (χ1) is 12.6. The van der Waals surface area contributed by atoms with Crippen LogP contribution in [0.5, 0.6) is 0 Å². The molecule has 0 aliphatic carbocycles. The molecule has 130 valence electrons. The average molecular weight is 348 g/mol. The SMILES string of the molecule is O=C(Nc1ccccc1C(=O)NCc1ccccc1F)c1ccccc1. The summed E-state index contributed by atoms with van der Waals surface area (Å²) in [5.74, 6) is -1.07. The molecule has 0 aliphatic heterocycles. The van der Waals surface area contributed by atoms with E-state index in [2.05, 4.69) is 10.6 Å². The van der Waals surface area contributed by atoms with Crippen molar-refractivity contribution in [3.05, 3.63) is 101 Å². The maximum atomic E-state index is 13.7. The molecule has 26 heavy (non-hydrogen) atoms. The van der Waals surface area contributed by atoms with Crippen molar-refractivity contribution < 1.29 is 14.0 Å². The van der Waals surface area contributed by atoms with Crippen molar-refractivity contribution >= 4 is 17.5 Å². The predicted molar refractivity (Wildman–Crippen MR) is 98.4 cm³/mol. The summed E-state index contributed by atoms with van der Waals surface area (Å²) in [4.78, 5) is 24.8. The van der Waals surface area contributed by atoms with Crippen molar-refractivity contribution in [2.24, 2.45) is 0 Å². The van der Waals surface area contributed by atoms with Crippen LogP contribution in [-0.2, 0) is 6.54 Å². The molecule has 5 heteroatoms. The number of amides is 2. The third-order valence-electron chi connectivity index (χ3n) is 3.85. The number of halogens is 1. The summed E-state index contributed by atoms with van der Waals surface area (Å²) in [5, 5.41) is 5.42. The van der Waals surface area contributed by atoms with Crippen LogP contribution < -0.4 is 10.6 Å². The van der Waals surface area contributed by atoms with Gasteiger partial charge in [0.05, 0.1) is 11.3 Å². The number of hydrogen-bond donors (Lipinski definition) is 2. The zero-order valence-electron chi connectivity index (χ0n) is 13.9. The molecule has 0 unspecified atom stereocenters. The Bertz CT molecular complexity index is 926. The molecule has 0 aromatic heterocycles. The fraction of sp³-hybridized carbons (Fsp3) is 0.0476. The largest absolute Gasteiger partial charge is 0.348 e. The Morgan fingerprint density at radius 3 is 2.19 bits per heavy atom. The van der Waals surface area contributed by atoms with E-state index in [-0.39, 0.29) is 18.3 Å². The average Bonchev–Trinajstić information content (AvgIpc) is 2.68. The van der Waals surface area contributed by atoms with Crippen LogP contribution in [0.3, 0.4) is 0 Å². The summed E-state index contributed by atoms with van der Waals surface area (Å²) in [6.45, 7) is 0.0620. The molecule has 3 rings (SSSR count). The van der Waals surface area contributed by atoms with Crippen molar-refractivity contribution in [2.45, 2.75) is 6.54 Å². The summed E-state index contributed by atoms with van der Waals surface area (Å²) in [7, 11) is 0. The number of para-hydroxylation sites is 1. The Kier molecular flexibility index (Phi) is 5.39. The quantitative estimate of drug-likeness (QED) is 0.732. The summed E-state index contributed by atoms with van der Waals surface area (Å²) in [5.41, 5.74) is 1.60. The lowest BCUT2D eigenvalue weighted by molar-refractivity contribution is 0.0951. The van der Waals surface area contributed by atoms with E-state index in [1.54, 1.807) is 66.7 Å².